The lowest BCUT2D eigenvalue weighted by Crippen LogP contribution is -2.35. The third kappa shape index (κ3) is 1.32. The smallest absolute Gasteiger partial charge is 0.323 e. The molecule has 0 bridgehead atoms. The zero-order valence-electron chi connectivity index (χ0n) is 5.78. The number of carboxylic acid groups (broad SMARTS) is 2. The third-order valence-electron chi connectivity index (χ3n) is 1.97. The van der Waals surface area contributed by atoms with Gasteiger partial charge in [-0.15, -0.1) is 0 Å². The van der Waals surface area contributed by atoms with Gasteiger partial charge in [-0.2, -0.15) is 0 Å². The highest BCUT2D eigenvalue weighted by Crippen LogP contribution is 2.43. The van der Waals surface area contributed by atoms with Gasteiger partial charge >= 0.3 is 11.9 Å². The molecule has 0 aliphatic heterocycles. The molecule has 0 amide bonds. The fourth-order valence-corrected chi connectivity index (χ4v) is 1.08. The number of hydrogen-bond acceptors (Lipinski definition) is 3. The lowest BCUT2D eigenvalue weighted by molar-refractivity contribution is -0.140. The molecule has 0 radical (unpaired) electrons. The summed E-state index contributed by atoms with van der Waals surface area (Å²) >= 11 is 0. The highest BCUT2D eigenvalue weighted by Gasteiger charge is 2.58. The van der Waals surface area contributed by atoms with Gasteiger partial charge in [0.15, 0.2) is 0 Å². The van der Waals surface area contributed by atoms with Gasteiger partial charge in [0.05, 0.1) is 6.42 Å². The van der Waals surface area contributed by atoms with Crippen molar-refractivity contribution in [3.8, 4) is 0 Å². The maximum Gasteiger partial charge on any atom is 0.323 e. The van der Waals surface area contributed by atoms with Gasteiger partial charge in [0.1, 0.15) is 5.54 Å². The summed E-state index contributed by atoms with van der Waals surface area (Å²) in [6.45, 7) is 0. The van der Waals surface area contributed by atoms with Gasteiger partial charge in [-0.1, -0.05) is 0 Å². The monoisotopic (exact) mass is 159 g/mol. The molecule has 11 heavy (non-hydrogen) atoms. The molecule has 5 nitrogen and oxygen atoms in total. The second-order valence-corrected chi connectivity index (χ2v) is 2.84. The molecule has 62 valence electrons. The van der Waals surface area contributed by atoms with E-state index in [1.165, 1.54) is 0 Å². The second kappa shape index (κ2) is 2.20. The van der Waals surface area contributed by atoms with Crippen LogP contribution in [-0.2, 0) is 9.59 Å². The zero-order chi connectivity index (χ0) is 8.65. The van der Waals surface area contributed by atoms with Crippen LogP contribution in [-0.4, -0.2) is 27.7 Å². The molecule has 0 spiro atoms. The molecule has 0 saturated heterocycles. The van der Waals surface area contributed by atoms with E-state index in [2.05, 4.69) is 0 Å². The number of rotatable bonds is 3. The summed E-state index contributed by atoms with van der Waals surface area (Å²) in [5.74, 6) is -2.50. The van der Waals surface area contributed by atoms with Gasteiger partial charge in [0.25, 0.3) is 0 Å². The molecule has 0 unspecified atom stereocenters. The van der Waals surface area contributed by atoms with Crippen LogP contribution in [0, 0.1) is 5.92 Å². The Morgan fingerprint density at radius 1 is 1.55 bits per heavy atom. The SMILES string of the molecule is N[C@]1(C(=O)O)C[C@H]1CC(=O)O. The molecular formula is C6H9NO4. The average molecular weight is 159 g/mol. The Hall–Kier alpha value is -1.10. The van der Waals surface area contributed by atoms with E-state index >= 15 is 0 Å². The van der Waals surface area contributed by atoms with Crippen molar-refractivity contribution in [3.05, 3.63) is 0 Å². The fraction of sp³-hybridized carbons (Fsp3) is 0.667. The van der Waals surface area contributed by atoms with E-state index in [0.29, 0.717) is 0 Å². The summed E-state index contributed by atoms with van der Waals surface area (Å²) in [5.41, 5.74) is 4.05. The summed E-state index contributed by atoms with van der Waals surface area (Å²) in [6, 6.07) is 0. The standard InChI is InChI=1S/C6H9NO4/c7-6(5(10)11)2-3(6)1-4(8)9/h3H,1-2,7H2,(H,8,9)(H,10,11)/t3-,6-/m1/s1. The van der Waals surface area contributed by atoms with Gasteiger partial charge in [0, 0.05) is 5.92 Å². The molecule has 0 aromatic rings. The number of nitrogens with two attached hydrogens (primary N) is 1. The van der Waals surface area contributed by atoms with Gasteiger partial charge < -0.3 is 15.9 Å². The van der Waals surface area contributed by atoms with Crippen LogP contribution < -0.4 is 5.73 Å². The van der Waals surface area contributed by atoms with Crippen molar-refractivity contribution >= 4 is 11.9 Å². The Morgan fingerprint density at radius 3 is 2.36 bits per heavy atom. The van der Waals surface area contributed by atoms with Crippen molar-refractivity contribution in [2.75, 3.05) is 0 Å². The Balaban J connectivity index is 2.47. The Bertz CT molecular complexity index is 215. The fourth-order valence-electron chi connectivity index (χ4n) is 1.08. The Labute approximate surface area is 62.8 Å². The predicted octanol–water partition coefficient (Wildman–Crippen LogP) is -0.737. The van der Waals surface area contributed by atoms with Crippen molar-refractivity contribution in [2.45, 2.75) is 18.4 Å². The maximum absolute atomic E-state index is 10.4. The van der Waals surface area contributed by atoms with Crippen LogP contribution in [0.1, 0.15) is 12.8 Å². The van der Waals surface area contributed by atoms with E-state index in [1.807, 2.05) is 0 Å². The highest BCUT2D eigenvalue weighted by atomic mass is 16.4. The van der Waals surface area contributed by atoms with E-state index in [1.54, 1.807) is 0 Å². The second-order valence-electron chi connectivity index (χ2n) is 2.84. The minimum atomic E-state index is -1.27. The summed E-state index contributed by atoms with van der Waals surface area (Å²) < 4.78 is 0. The van der Waals surface area contributed by atoms with Crippen LogP contribution in [0.3, 0.4) is 0 Å². The topological polar surface area (TPSA) is 101 Å². The Morgan fingerprint density at radius 2 is 2.09 bits per heavy atom. The molecule has 0 aromatic heterocycles. The highest BCUT2D eigenvalue weighted by molar-refractivity contribution is 5.84. The molecule has 2 atom stereocenters. The van der Waals surface area contributed by atoms with Crippen molar-refractivity contribution in [3.63, 3.8) is 0 Å². The van der Waals surface area contributed by atoms with Gasteiger partial charge in [-0.3, -0.25) is 9.59 Å². The lowest BCUT2D eigenvalue weighted by atomic mass is 10.2. The van der Waals surface area contributed by atoms with Crippen LogP contribution in [0.25, 0.3) is 0 Å². The predicted molar refractivity (Wildman–Crippen MR) is 34.9 cm³/mol. The first-order chi connectivity index (χ1) is 4.97. The largest absolute Gasteiger partial charge is 0.481 e. The molecule has 1 aliphatic rings. The lowest BCUT2D eigenvalue weighted by Gasteiger charge is -2.01. The molecular weight excluding hydrogens is 150 g/mol. The molecule has 0 heterocycles. The minimum Gasteiger partial charge on any atom is -0.481 e. The van der Waals surface area contributed by atoms with E-state index in [4.69, 9.17) is 15.9 Å². The number of carbonyl (C=O) groups is 2. The van der Waals surface area contributed by atoms with Crippen molar-refractivity contribution < 1.29 is 19.8 Å². The van der Waals surface area contributed by atoms with Crippen LogP contribution in [0.4, 0.5) is 0 Å². The summed E-state index contributed by atoms with van der Waals surface area (Å²) in [6.07, 6.45) is 0.122. The van der Waals surface area contributed by atoms with E-state index in [0.717, 1.165) is 0 Å². The first kappa shape index (κ1) is 8.00. The normalized spacial score (nSPS) is 34.8. The van der Waals surface area contributed by atoms with E-state index < -0.39 is 23.4 Å². The molecule has 4 N–H and O–H groups in total. The first-order valence-corrected chi connectivity index (χ1v) is 3.21. The molecule has 1 aliphatic carbocycles. The molecule has 1 fully saturated rings. The molecule has 1 rings (SSSR count). The van der Waals surface area contributed by atoms with Crippen LogP contribution in [0.5, 0.6) is 0 Å². The van der Waals surface area contributed by atoms with Crippen LogP contribution in [0.2, 0.25) is 0 Å². The number of aliphatic carboxylic acids is 2. The van der Waals surface area contributed by atoms with Gasteiger partial charge in [-0.05, 0) is 6.42 Å². The summed E-state index contributed by atoms with van der Waals surface area (Å²) in [7, 11) is 0. The Kier molecular flexibility index (Phi) is 1.60. The third-order valence-corrected chi connectivity index (χ3v) is 1.97. The van der Waals surface area contributed by atoms with Crippen molar-refractivity contribution in [1.82, 2.24) is 0 Å². The average Bonchev–Trinajstić information content (AvgIpc) is 2.42. The molecule has 0 aromatic carbocycles. The molecule has 1 saturated carbocycles. The van der Waals surface area contributed by atoms with Crippen molar-refractivity contribution in [2.24, 2.45) is 11.7 Å². The summed E-state index contributed by atoms with van der Waals surface area (Å²) in [5, 5.41) is 16.8. The quantitative estimate of drug-likeness (QED) is 0.503. The minimum absolute atomic E-state index is 0.150. The van der Waals surface area contributed by atoms with E-state index in [9.17, 15) is 9.59 Å². The van der Waals surface area contributed by atoms with Gasteiger partial charge in [0.2, 0.25) is 0 Å². The summed E-state index contributed by atoms with van der Waals surface area (Å²) in [4.78, 5) is 20.5. The van der Waals surface area contributed by atoms with Crippen LogP contribution >= 0.6 is 0 Å². The number of carboxylic acids is 2. The zero-order valence-corrected chi connectivity index (χ0v) is 5.78. The number of hydrogen-bond donors (Lipinski definition) is 3. The van der Waals surface area contributed by atoms with Crippen molar-refractivity contribution in [1.29, 1.82) is 0 Å². The van der Waals surface area contributed by atoms with Gasteiger partial charge in [-0.25, -0.2) is 0 Å². The maximum atomic E-state index is 10.4. The van der Waals surface area contributed by atoms with Crippen LogP contribution in [0.15, 0.2) is 0 Å². The van der Waals surface area contributed by atoms with E-state index in [-0.39, 0.29) is 12.8 Å². The first-order valence-electron chi connectivity index (χ1n) is 3.21. The molecule has 5 heteroatoms.